The molecule has 4 aliphatic rings. The number of benzene rings is 5. The molecule has 69 heavy (non-hydrogen) atoms. The number of thiol groups is 1. The number of nitrogens with one attached hydrogen (secondary N) is 4. The summed E-state index contributed by atoms with van der Waals surface area (Å²) in [6.07, 6.45) is 3.93. The number of anilines is 4. The SMILES string of the molecule is COc1cc2c(cc1OCc1cc(COc3cc4c(cc3OC)C(=O)N3c5ccccc5CC3CN4)cc(NC(=O)CNC(=O)CNC(=O)CCC(C)(C)S)c1)N=C[C@@H]1Cc3ccccc3N1C2=O. The molecule has 0 aliphatic carbocycles. The molecular weight excluding hydrogens is 899 g/mol. The molecule has 5 aromatic rings. The van der Waals surface area contributed by atoms with Crippen LogP contribution in [0, 0.1) is 0 Å². The fraction of sp³-hybridized carbons (Fsp3) is 0.308. The van der Waals surface area contributed by atoms with Crippen LogP contribution in [0.25, 0.3) is 0 Å². The Bertz CT molecular complexity index is 2900. The lowest BCUT2D eigenvalue weighted by molar-refractivity contribution is -0.127. The molecule has 0 radical (unpaired) electrons. The number of nitrogens with zero attached hydrogens (tertiary/aromatic N) is 3. The van der Waals surface area contributed by atoms with E-state index in [1.54, 1.807) is 47.5 Å². The minimum Gasteiger partial charge on any atom is -0.493 e. The Labute approximate surface area is 405 Å². The van der Waals surface area contributed by atoms with Gasteiger partial charge in [0.2, 0.25) is 17.7 Å². The van der Waals surface area contributed by atoms with Gasteiger partial charge in [-0.3, -0.25) is 33.9 Å². The van der Waals surface area contributed by atoms with E-state index in [9.17, 15) is 24.0 Å². The van der Waals surface area contributed by atoms with Gasteiger partial charge in [0.05, 0.1) is 61.9 Å². The monoisotopic (exact) mass is 951 g/mol. The van der Waals surface area contributed by atoms with Gasteiger partial charge in [-0.25, -0.2) is 0 Å². The highest BCUT2D eigenvalue weighted by atomic mass is 32.1. The molecule has 16 nitrogen and oxygen atoms in total. The summed E-state index contributed by atoms with van der Waals surface area (Å²) in [6.45, 7) is 3.72. The van der Waals surface area contributed by atoms with Crippen molar-refractivity contribution in [2.24, 2.45) is 4.99 Å². The quantitative estimate of drug-likeness (QED) is 0.0658. The van der Waals surface area contributed by atoms with Crippen molar-refractivity contribution in [3.8, 4) is 23.0 Å². The second-order valence-electron chi connectivity index (χ2n) is 18.0. The Balaban J connectivity index is 0.932. The van der Waals surface area contributed by atoms with Crippen LogP contribution in [-0.2, 0) is 40.4 Å². The van der Waals surface area contributed by atoms with Gasteiger partial charge in [-0.1, -0.05) is 50.2 Å². The molecule has 9 rings (SSSR count). The van der Waals surface area contributed by atoms with Crippen molar-refractivity contribution in [2.45, 2.75) is 69.6 Å². The number of para-hydroxylation sites is 2. The van der Waals surface area contributed by atoms with E-state index < -0.39 is 11.8 Å². The highest BCUT2D eigenvalue weighted by Crippen LogP contribution is 2.43. The third-order valence-corrected chi connectivity index (χ3v) is 12.7. The van der Waals surface area contributed by atoms with Crippen LogP contribution in [0.1, 0.15) is 69.7 Å². The van der Waals surface area contributed by atoms with Crippen molar-refractivity contribution in [3.05, 3.63) is 124 Å². The van der Waals surface area contributed by atoms with Crippen LogP contribution < -0.4 is 50.0 Å². The second-order valence-corrected chi connectivity index (χ2v) is 19.2. The second kappa shape index (κ2) is 19.6. The van der Waals surface area contributed by atoms with Gasteiger partial charge < -0.3 is 45.1 Å². The Morgan fingerprint density at radius 2 is 1.32 bits per heavy atom. The fourth-order valence-corrected chi connectivity index (χ4v) is 9.17. The van der Waals surface area contributed by atoms with Gasteiger partial charge in [0.15, 0.2) is 23.0 Å². The van der Waals surface area contributed by atoms with Crippen LogP contribution in [-0.4, -0.2) is 86.4 Å². The molecule has 1 unspecified atom stereocenters. The van der Waals surface area contributed by atoms with Crippen LogP contribution >= 0.6 is 12.6 Å². The first-order valence-electron chi connectivity index (χ1n) is 22.7. The molecule has 0 saturated carbocycles. The number of hydrogen-bond donors (Lipinski definition) is 5. The van der Waals surface area contributed by atoms with Crippen LogP contribution in [0.4, 0.5) is 28.4 Å². The first kappa shape index (κ1) is 46.6. The maximum atomic E-state index is 14.1. The number of amides is 5. The molecule has 4 N–H and O–H groups in total. The maximum Gasteiger partial charge on any atom is 0.261 e. The Morgan fingerprint density at radius 3 is 2.00 bits per heavy atom. The third kappa shape index (κ3) is 10.2. The lowest BCUT2D eigenvalue weighted by Gasteiger charge is -2.22. The van der Waals surface area contributed by atoms with E-state index in [0.29, 0.717) is 81.7 Å². The number of rotatable bonds is 16. The molecule has 2 atom stereocenters. The molecule has 356 valence electrons. The van der Waals surface area contributed by atoms with Gasteiger partial charge in [-0.2, -0.15) is 12.6 Å². The van der Waals surface area contributed by atoms with E-state index in [1.165, 1.54) is 14.2 Å². The predicted molar refractivity (Wildman–Crippen MR) is 266 cm³/mol. The minimum absolute atomic E-state index is 0.00146. The largest absolute Gasteiger partial charge is 0.493 e. The normalized spacial score (nSPS) is 16.3. The zero-order valence-electron chi connectivity index (χ0n) is 38.7. The van der Waals surface area contributed by atoms with E-state index in [1.807, 2.05) is 67.3 Å². The predicted octanol–water partition coefficient (Wildman–Crippen LogP) is 6.81. The lowest BCUT2D eigenvalue weighted by Crippen LogP contribution is -2.40. The summed E-state index contributed by atoms with van der Waals surface area (Å²) in [4.78, 5) is 74.5. The number of hydrogen-bond acceptors (Lipinski definition) is 12. The molecule has 0 saturated heterocycles. The average Bonchev–Trinajstić information content (AvgIpc) is 3.83. The topological polar surface area (TPSA) is 189 Å². The number of methoxy groups -OCH3 is 2. The van der Waals surface area contributed by atoms with Crippen LogP contribution in [0.2, 0.25) is 0 Å². The number of aliphatic imine (C=N–C) groups is 1. The first-order valence-corrected chi connectivity index (χ1v) is 23.2. The Morgan fingerprint density at radius 1 is 0.725 bits per heavy atom. The number of carbonyl (C=O) groups is 5. The minimum atomic E-state index is -0.526. The highest BCUT2D eigenvalue weighted by molar-refractivity contribution is 7.81. The van der Waals surface area contributed by atoms with Gasteiger partial charge in [-0.05, 0) is 77.6 Å². The van der Waals surface area contributed by atoms with E-state index in [0.717, 1.165) is 28.9 Å². The van der Waals surface area contributed by atoms with Gasteiger partial charge in [0, 0.05) is 59.5 Å². The lowest BCUT2D eigenvalue weighted by atomic mass is 10.1. The highest BCUT2D eigenvalue weighted by Gasteiger charge is 2.39. The van der Waals surface area contributed by atoms with E-state index in [-0.39, 0.29) is 67.3 Å². The van der Waals surface area contributed by atoms with Gasteiger partial charge >= 0.3 is 0 Å². The summed E-state index contributed by atoms with van der Waals surface area (Å²) in [5.74, 6) is -0.214. The van der Waals surface area contributed by atoms with Crippen molar-refractivity contribution in [1.29, 1.82) is 0 Å². The summed E-state index contributed by atoms with van der Waals surface area (Å²) in [5, 5.41) is 11.4. The van der Waals surface area contributed by atoms with E-state index >= 15 is 0 Å². The van der Waals surface area contributed by atoms with Crippen molar-refractivity contribution in [1.82, 2.24) is 10.6 Å². The van der Waals surface area contributed by atoms with Gasteiger partial charge in [0.25, 0.3) is 11.8 Å². The zero-order valence-corrected chi connectivity index (χ0v) is 39.6. The number of fused-ring (bicyclic) bond motifs is 8. The summed E-state index contributed by atoms with van der Waals surface area (Å²) in [6, 6.07) is 27.6. The van der Waals surface area contributed by atoms with Crippen LogP contribution in [0.5, 0.6) is 23.0 Å². The maximum absolute atomic E-state index is 14.1. The van der Waals surface area contributed by atoms with Crippen LogP contribution in [0.3, 0.4) is 0 Å². The summed E-state index contributed by atoms with van der Waals surface area (Å²) >= 11 is 4.44. The molecule has 0 aromatic heterocycles. The van der Waals surface area contributed by atoms with Crippen molar-refractivity contribution >= 4 is 76.8 Å². The molecular formula is C52H53N7O9S. The van der Waals surface area contributed by atoms with Gasteiger partial charge in [0.1, 0.15) is 13.2 Å². The van der Waals surface area contributed by atoms with E-state index in [2.05, 4.69) is 40.0 Å². The third-order valence-electron chi connectivity index (χ3n) is 12.5. The summed E-state index contributed by atoms with van der Waals surface area (Å²) in [7, 11) is 3.01. The summed E-state index contributed by atoms with van der Waals surface area (Å²) in [5.41, 5.74) is 7.53. The van der Waals surface area contributed by atoms with Crippen molar-refractivity contribution < 1.29 is 42.9 Å². The fourth-order valence-electron chi connectivity index (χ4n) is 9.06. The Kier molecular flexibility index (Phi) is 13.2. The van der Waals surface area contributed by atoms with Crippen molar-refractivity contribution in [2.75, 3.05) is 54.3 Å². The standard InChI is InChI=1S/C52H53N7O9S/c1-52(2,69)14-13-47(60)55-26-48(61)56-27-49(62)57-34-16-30(28-67-45-22-39-37(20-43(45)65-3)50(63)58-35(24-53-39)18-32-9-5-7-11-41(32)58)15-31(17-34)29-68-46-23-40-38(21-44(46)66-4)51(64)59-36(25-54-40)19-33-10-6-8-12-42(33)59/h5-12,15-17,20-24,35-36,54,69H,13-14,18-19,25-29H2,1-4H3,(H,55,60)(H,56,61)(H,57,62)/t35-,36?/m0/s1. The molecule has 0 spiro atoms. The molecule has 0 bridgehead atoms. The molecule has 4 heterocycles. The molecule has 0 fully saturated rings. The van der Waals surface area contributed by atoms with E-state index in [4.69, 9.17) is 23.9 Å². The molecule has 5 aromatic carbocycles. The summed E-state index contributed by atoms with van der Waals surface area (Å²) < 4.78 is 24.0. The number of carbonyl (C=O) groups excluding carboxylic acids is 5. The van der Waals surface area contributed by atoms with Crippen molar-refractivity contribution in [3.63, 3.8) is 0 Å². The molecule has 5 amide bonds. The first-order chi connectivity index (χ1) is 33.2. The zero-order chi connectivity index (χ0) is 48.4. The van der Waals surface area contributed by atoms with Gasteiger partial charge in [-0.15, -0.1) is 0 Å². The number of ether oxygens (including phenoxy) is 4. The molecule has 4 aliphatic heterocycles. The molecule has 17 heteroatoms. The van der Waals surface area contributed by atoms with Crippen LogP contribution in [0.15, 0.2) is 96.0 Å². The Hall–Kier alpha value is -7.53. The smallest absolute Gasteiger partial charge is 0.261 e. The average molecular weight is 952 g/mol.